The number of rotatable bonds is 4. The molecule has 1 aliphatic heterocycles. The van der Waals surface area contributed by atoms with E-state index in [0.717, 1.165) is 6.07 Å². The van der Waals surface area contributed by atoms with E-state index >= 15 is 0 Å². The number of sulfone groups is 1. The van der Waals surface area contributed by atoms with Gasteiger partial charge < -0.3 is 9.84 Å². The van der Waals surface area contributed by atoms with Gasteiger partial charge in [-0.05, 0) is 31.9 Å². The lowest BCUT2D eigenvalue weighted by Crippen LogP contribution is -2.25. The Morgan fingerprint density at radius 1 is 1.46 bits per heavy atom. The summed E-state index contributed by atoms with van der Waals surface area (Å²) >= 11 is 0. The monoisotopic (exact) mass is 382 g/mol. The zero-order chi connectivity index (χ0) is 19.2. The highest BCUT2D eigenvalue weighted by Crippen LogP contribution is 2.40. The minimum Gasteiger partial charge on any atom is -0.493 e. The fourth-order valence-electron chi connectivity index (χ4n) is 3.34. The maximum atomic E-state index is 14.7. The predicted molar refractivity (Wildman–Crippen MR) is 90.6 cm³/mol. The van der Waals surface area contributed by atoms with Crippen molar-refractivity contribution in [2.75, 3.05) is 12.9 Å². The average Bonchev–Trinajstić information content (AvgIpc) is 2.97. The first kappa shape index (κ1) is 18.5. The molecule has 3 rings (SSSR count). The van der Waals surface area contributed by atoms with Crippen molar-refractivity contribution in [3.05, 3.63) is 40.3 Å². The van der Waals surface area contributed by atoms with Crippen LogP contribution in [0.1, 0.15) is 46.5 Å². The Labute approximate surface area is 150 Å². The smallest absolute Gasteiger partial charge is 0.220 e. The van der Waals surface area contributed by atoms with Crippen LogP contribution in [0.3, 0.4) is 0 Å². The number of ketones is 1. The molecule has 0 saturated heterocycles. The first-order valence-electron chi connectivity index (χ1n) is 8.10. The van der Waals surface area contributed by atoms with Gasteiger partial charge in [-0.3, -0.25) is 4.79 Å². The molecule has 0 amide bonds. The van der Waals surface area contributed by atoms with E-state index in [1.165, 1.54) is 18.0 Å². The van der Waals surface area contributed by atoms with E-state index in [2.05, 4.69) is 5.10 Å². The van der Waals surface area contributed by atoms with E-state index < -0.39 is 32.4 Å². The zero-order valence-corrected chi connectivity index (χ0v) is 15.4. The fourth-order valence-corrected chi connectivity index (χ4v) is 5.05. The van der Waals surface area contributed by atoms with Crippen LogP contribution in [0.5, 0.6) is 5.88 Å². The quantitative estimate of drug-likeness (QED) is 0.814. The standard InChI is InChI=1S/C17H19FN2O5S/c1-4-20-17(22)11(8-19-20)15(21)10-7-12(18)16-14(9(10)2)13(25-3)5-6-26(16,23)24/h7-8,13,22H,4-6H2,1-3H3. The van der Waals surface area contributed by atoms with Gasteiger partial charge in [-0.15, -0.1) is 0 Å². The number of hydrogen-bond acceptors (Lipinski definition) is 6. The third kappa shape index (κ3) is 2.71. The zero-order valence-electron chi connectivity index (χ0n) is 14.6. The first-order chi connectivity index (χ1) is 12.2. The molecule has 0 radical (unpaired) electrons. The molecule has 9 heteroatoms. The van der Waals surface area contributed by atoms with Gasteiger partial charge in [0.1, 0.15) is 16.3 Å². The summed E-state index contributed by atoms with van der Waals surface area (Å²) in [6, 6.07) is 0.912. The number of benzene rings is 1. The molecular formula is C17H19FN2O5S. The summed E-state index contributed by atoms with van der Waals surface area (Å²) < 4.78 is 45.9. The van der Waals surface area contributed by atoms with Gasteiger partial charge in [-0.2, -0.15) is 5.10 Å². The highest BCUT2D eigenvalue weighted by atomic mass is 32.2. The summed E-state index contributed by atoms with van der Waals surface area (Å²) in [6.45, 7) is 3.67. The van der Waals surface area contributed by atoms with E-state index in [9.17, 15) is 22.7 Å². The van der Waals surface area contributed by atoms with Crippen molar-refractivity contribution in [2.24, 2.45) is 0 Å². The third-order valence-corrected chi connectivity index (χ3v) is 6.52. The molecule has 1 atom stereocenters. The Morgan fingerprint density at radius 3 is 2.73 bits per heavy atom. The maximum Gasteiger partial charge on any atom is 0.220 e. The molecule has 140 valence electrons. The third-order valence-electron chi connectivity index (χ3n) is 4.71. The van der Waals surface area contributed by atoms with Gasteiger partial charge in [0.15, 0.2) is 15.6 Å². The molecule has 0 fully saturated rings. The number of carbonyl (C=O) groups is 1. The number of hydrogen-bond donors (Lipinski definition) is 1. The largest absolute Gasteiger partial charge is 0.493 e. The number of carbonyl (C=O) groups excluding carboxylic acids is 1. The van der Waals surface area contributed by atoms with Gasteiger partial charge in [0.2, 0.25) is 5.88 Å². The second-order valence-electron chi connectivity index (χ2n) is 6.13. The lowest BCUT2D eigenvalue weighted by atomic mass is 9.92. The van der Waals surface area contributed by atoms with Crippen molar-refractivity contribution in [3.63, 3.8) is 0 Å². The normalized spacial score (nSPS) is 18.5. The summed E-state index contributed by atoms with van der Waals surface area (Å²) in [7, 11) is -2.37. The molecule has 2 aromatic rings. The molecular weight excluding hydrogens is 363 g/mol. The summed E-state index contributed by atoms with van der Waals surface area (Å²) in [5, 5.41) is 14.0. The lowest BCUT2D eigenvalue weighted by molar-refractivity contribution is 0.0944. The number of aryl methyl sites for hydroxylation is 1. The van der Waals surface area contributed by atoms with Crippen LogP contribution in [-0.4, -0.2) is 42.0 Å². The van der Waals surface area contributed by atoms with Gasteiger partial charge in [0, 0.05) is 24.8 Å². The van der Waals surface area contributed by atoms with Crippen LogP contribution in [0.25, 0.3) is 0 Å². The molecule has 1 aromatic heterocycles. The molecule has 0 saturated carbocycles. The van der Waals surface area contributed by atoms with Gasteiger partial charge in [-0.1, -0.05) is 0 Å². The Balaban J connectivity index is 2.23. The Bertz CT molecular complexity index is 997. The van der Waals surface area contributed by atoms with Gasteiger partial charge in [0.05, 0.1) is 18.1 Å². The van der Waals surface area contributed by atoms with Crippen molar-refractivity contribution < 1.29 is 27.4 Å². The van der Waals surface area contributed by atoms with Gasteiger partial charge >= 0.3 is 0 Å². The van der Waals surface area contributed by atoms with Crippen LogP contribution in [0.15, 0.2) is 17.2 Å². The van der Waals surface area contributed by atoms with Crippen molar-refractivity contribution in [2.45, 2.75) is 37.8 Å². The molecule has 1 aliphatic rings. The molecule has 0 spiro atoms. The van der Waals surface area contributed by atoms with E-state index in [1.807, 2.05) is 0 Å². The summed E-state index contributed by atoms with van der Waals surface area (Å²) in [5.41, 5.74) is 0.405. The molecule has 0 aliphatic carbocycles. The lowest BCUT2D eigenvalue weighted by Gasteiger charge is -2.27. The molecule has 1 N–H and O–H groups in total. The number of methoxy groups -OCH3 is 1. The topological polar surface area (TPSA) is 98.5 Å². The van der Waals surface area contributed by atoms with Crippen LogP contribution in [0.2, 0.25) is 0 Å². The van der Waals surface area contributed by atoms with Crippen LogP contribution in [0.4, 0.5) is 4.39 Å². The van der Waals surface area contributed by atoms with Crippen LogP contribution < -0.4 is 0 Å². The van der Waals surface area contributed by atoms with E-state index in [0.29, 0.717) is 12.1 Å². The summed E-state index contributed by atoms with van der Waals surface area (Å²) in [5.74, 6) is -2.14. The van der Waals surface area contributed by atoms with E-state index in [4.69, 9.17) is 4.74 Å². The van der Waals surface area contributed by atoms with Crippen molar-refractivity contribution in [1.82, 2.24) is 9.78 Å². The highest BCUT2D eigenvalue weighted by Gasteiger charge is 2.37. The number of aromatic nitrogens is 2. The van der Waals surface area contributed by atoms with Crippen molar-refractivity contribution in [1.29, 1.82) is 0 Å². The van der Waals surface area contributed by atoms with Crippen LogP contribution >= 0.6 is 0 Å². The Hall–Kier alpha value is -2.26. The van der Waals surface area contributed by atoms with Crippen molar-refractivity contribution >= 4 is 15.6 Å². The molecule has 0 bridgehead atoms. The molecule has 2 heterocycles. The number of halogens is 1. The van der Waals surface area contributed by atoms with Crippen LogP contribution in [-0.2, 0) is 21.1 Å². The number of fused-ring (bicyclic) bond motifs is 1. The molecule has 1 unspecified atom stereocenters. The van der Waals surface area contributed by atoms with Crippen molar-refractivity contribution in [3.8, 4) is 5.88 Å². The second kappa shape index (κ2) is 6.48. The van der Waals surface area contributed by atoms with Gasteiger partial charge in [-0.25, -0.2) is 17.5 Å². The number of aromatic hydroxyl groups is 1. The Kier molecular flexibility index (Phi) is 4.61. The SMILES string of the molecule is CCn1ncc(C(=O)c2cc(F)c3c(c2C)C(OC)CCS3(=O)=O)c1O. The highest BCUT2D eigenvalue weighted by molar-refractivity contribution is 7.91. The summed E-state index contributed by atoms with van der Waals surface area (Å²) in [4.78, 5) is 12.4. The average molecular weight is 382 g/mol. The molecule has 26 heavy (non-hydrogen) atoms. The first-order valence-corrected chi connectivity index (χ1v) is 9.76. The Morgan fingerprint density at radius 2 is 2.15 bits per heavy atom. The number of ether oxygens (including phenoxy) is 1. The number of nitrogens with zero attached hydrogens (tertiary/aromatic N) is 2. The van der Waals surface area contributed by atoms with E-state index in [1.54, 1.807) is 13.8 Å². The fraction of sp³-hybridized carbons (Fsp3) is 0.412. The maximum absolute atomic E-state index is 14.7. The summed E-state index contributed by atoms with van der Waals surface area (Å²) in [6.07, 6.45) is 0.772. The molecule has 1 aromatic carbocycles. The van der Waals surface area contributed by atoms with Gasteiger partial charge in [0.25, 0.3) is 0 Å². The van der Waals surface area contributed by atoms with E-state index in [-0.39, 0.29) is 34.7 Å². The predicted octanol–water partition coefficient (Wildman–Crippen LogP) is 2.15. The minimum atomic E-state index is -3.79. The minimum absolute atomic E-state index is 0.0219. The second-order valence-corrected chi connectivity index (χ2v) is 8.18. The molecule has 7 nitrogen and oxygen atoms in total. The van der Waals surface area contributed by atoms with Crippen LogP contribution in [0, 0.1) is 12.7 Å².